The Labute approximate surface area is 421 Å². The first-order valence-corrected chi connectivity index (χ1v) is 22.4. The predicted molar refractivity (Wildman–Crippen MR) is 275 cm³/mol. The summed E-state index contributed by atoms with van der Waals surface area (Å²) < 4.78 is 81.4. The molecule has 8 rings (SSSR count). The molecule has 0 saturated carbocycles. The number of hydrogen-bond donors (Lipinski definition) is 1. The Hall–Kier alpha value is -5.57. The van der Waals surface area contributed by atoms with Crippen LogP contribution in [0.25, 0.3) is 72.7 Å². The molecule has 2 heterocycles. The fraction of sp³-hybridized carbons (Fsp3) is 0.311. The van der Waals surface area contributed by atoms with Crippen molar-refractivity contribution in [1.82, 2.24) is 14.5 Å². The molecule has 4 nitrogen and oxygen atoms in total. The van der Waals surface area contributed by atoms with Crippen LogP contribution in [0, 0.1) is 6.07 Å². The number of hydrogen-bond acceptors (Lipinski definition) is 3. The SMILES string of the molecule is [2H]c1nc(-c2[c-]c(-c3cccc4c3nc(-c3cc(C(C)(C)C)cc(C(C)(C)C)c3O)n4-c3ccc(-c4ccccc4C(C)(C)C)c(C([2H])(C)C)c3)cc(C(C)(C)C)c2)c([2H])c(-c2c([2H])c([2H])c([2H])c([2H])c2[2H])c1[2H].[Pt]. The van der Waals surface area contributed by atoms with Crippen molar-refractivity contribution in [2.45, 2.75) is 124 Å². The topological polar surface area (TPSA) is 50.9 Å². The van der Waals surface area contributed by atoms with Crippen LogP contribution in [0.2, 0.25) is 0 Å². The van der Waals surface area contributed by atoms with Gasteiger partial charge in [0.25, 0.3) is 0 Å². The van der Waals surface area contributed by atoms with Crippen LogP contribution >= 0.6 is 0 Å². The van der Waals surface area contributed by atoms with Crippen molar-refractivity contribution in [3.05, 3.63) is 167 Å². The summed E-state index contributed by atoms with van der Waals surface area (Å²) in [7, 11) is 0. The first kappa shape index (κ1) is 37.5. The smallest absolute Gasteiger partial charge is 0.148 e. The van der Waals surface area contributed by atoms with E-state index in [0.29, 0.717) is 39.1 Å². The Bertz CT molecular complexity index is 3560. The van der Waals surface area contributed by atoms with E-state index >= 15 is 0 Å². The van der Waals surface area contributed by atoms with Crippen molar-refractivity contribution in [3.63, 3.8) is 0 Å². The maximum atomic E-state index is 12.6. The van der Waals surface area contributed by atoms with E-state index in [9.17, 15) is 7.85 Å². The number of para-hydroxylation sites is 1. The van der Waals surface area contributed by atoms with Gasteiger partial charge in [0.15, 0.2) is 0 Å². The van der Waals surface area contributed by atoms with Gasteiger partial charge in [-0.25, -0.2) is 4.98 Å². The first-order valence-electron chi connectivity index (χ1n) is 26.9. The summed E-state index contributed by atoms with van der Waals surface area (Å²) in [6.07, 6.45) is -0.533. The Kier molecular flexibility index (Phi) is 10.2. The quantitative estimate of drug-likeness (QED) is 0.162. The molecule has 1 N–H and O–H groups in total. The average molecular weight is 1060 g/mol. The molecule has 342 valence electrons. The molecule has 0 unspecified atom stereocenters. The molecule has 0 aliphatic carbocycles. The summed E-state index contributed by atoms with van der Waals surface area (Å²) >= 11 is 0. The van der Waals surface area contributed by atoms with Crippen molar-refractivity contribution in [2.75, 3.05) is 0 Å². The Balaban J connectivity index is 0.00000820. The van der Waals surface area contributed by atoms with Crippen LogP contribution in [0.1, 0.15) is 143 Å². The van der Waals surface area contributed by atoms with Crippen molar-refractivity contribution in [3.8, 4) is 67.5 Å². The van der Waals surface area contributed by atoms with E-state index in [4.69, 9.17) is 14.6 Å². The third-order valence-corrected chi connectivity index (χ3v) is 12.2. The van der Waals surface area contributed by atoms with E-state index in [1.54, 1.807) is 0 Å². The van der Waals surface area contributed by atoms with Crippen molar-refractivity contribution in [1.29, 1.82) is 0 Å². The molecule has 0 bridgehead atoms. The summed E-state index contributed by atoms with van der Waals surface area (Å²) in [5.41, 5.74) is 8.56. The second-order valence-electron chi connectivity index (χ2n) is 21.5. The number of aromatic nitrogens is 3. The maximum absolute atomic E-state index is 12.6. The standard InChI is InChI=1S/C61H66N3O.Pt/c1-38(2)49-37-45(27-28-47(49)48-23-18-19-25-51(48)60(9,10)11)64-54-26-20-24-46(55(54)63-57(64)50-35-44(59(6,7)8)36-52(56(50)65)61(12,13)14)41-31-42(33-43(32-41)58(3,4)5)53-34-40(29-30-62-53)39-21-16-15-17-22-39;/h15-30,32-38,65H,1-14H3;/q-1;/i15D,16D,17D,21D,22D,29D,30D,34D,38D;. The van der Waals surface area contributed by atoms with Gasteiger partial charge in [-0.05, 0) is 96.8 Å². The molecule has 0 aliphatic rings. The van der Waals surface area contributed by atoms with Crippen LogP contribution in [-0.4, -0.2) is 19.6 Å². The number of fused-ring (bicyclic) bond motifs is 1. The Morgan fingerprint density at radius 2 is 1.26 bits per heavy atom. The van der Waals surface area contributed by atoms with Gasteiger partial charge >= 0.3 is 0 Å². The van der Waals surface area contributed by atoms with Crippen LogP contribution in [0.3, 0.4) is 0 Å². The normalized spacial score (nSPS) is 14.5. The van der Waals surface area contributed by atoms with Gasteiger partial charge in [0, 0.05) is 45.6 Å². The Morgan fingerprint density at radius 3 is 1.91 bits per heavy atom. The fourth-order valence-corrected chi connectivity index (χ4v) is 8.48. The minimum Gasteiger partial charge on any atom is -0.507 e. The monoisotopic (exact) mass is 1060 g/mol. The van der Waals surface area contributed by atoms with Gasteiger partial charge in [-0.15, -0.1) is 29.3 Å². The summed E-state index contributed by atoms with van der Waals surface area (Å²) in [6, 6.07) is 28.0. The third-order valence-electron chi connectivity index (χ3n) is 12.2. The predicted octanol–water partition coefficient (Wildman–Crippen LogP) is 16.6. The van der Waals surface area contributed by atoms with E-state index in [2.05, 4.69) is 120 Å². The second-order valence-corrected chi connectivity index (χ2v) is 21.5. The van der Waals surface area contributed by atoms with Gasteiger partial charge in [0.1, 0.15) is 11.6 Å². The molecule has 0 atom stereocenters. The van der Waals surface area contributed by atoms with Crippen molar-refractivity contribution >= 4 is 11.0 Å². The number of benzene rings is 6. The number of pyridine rings is 1. The largest absolute Gasteiger partial charge is 0.507 e. The number of phenols is 1. The molecular formula is C61H66N3OPt-. The average Bonchev–Trinajstić information content (AvgIpc) is 3.70. The van der Waals surface area contributed by atoms with Crippen molar-refractivity contribution < 1.29 is 38.5 Å². The molecule has 5 heteroatoms. The molecule has 2 aromatic heterocycles. The number of phenolic OH excluding ortho intramolecular Hbond substituents is 1. The van der Waals surface area contributed by atoms with Gasteiger partial charge < -0.3 is 5.11 Å². The molecular weight excluding hydrogens is 986 g/mol. The molecule has 0 aliphatic heterocycles. The summed E-state index contributed by atoms with van der Waals surface area (Å²) in [4.78, 5) is 9.99. The van der Waals surface area contributed by atoms with Crippen LogP contribution in [0.4, 0.5) is 0 Å². The zero-order chi connectivity index (χ0) is 54.7. The molecule has 0 saturated heterocycles. The zero-order valence-electron chi connectivity index (χ0n) is 49.7. The molecule has 8 aromatic rings. The Morgan fingerprint density at radius 1 is 0.621 bits per heavy atom. The third kappa shape index (κ3) is 9.50. The van der Waals surface area contributed by atoms with E-state index in [1.807, 2.05) is 77.1 Å². The van der Waals surface area contributed by atoms with Gasteiger partial charge in [0.2, 0.25) is 0 Å². The molecule has 0 fully saturated rings. The number of aromatic hydroxyl groups is 1. The first-order chi connectivity index (χ1) is 34.1. The van der Waals surface area contributed by atoms with Crippen LogP contribution in [0.15, 0.2) is 133 Å². The molecule has 66 heavy (non-hydrogen) atoms. The van der Waals surface area contributed by atoms with Crippen LogP contribution in [-0.2, 0) is 42.7 Å². The van der Waals surface area contributed by atoms with Gasteiger partial charge in [0.05, 0.1) is 27.6 Å². The zero-order valence-corrected chi connectivity index (χ0v) is 43.0. The number of nitrogens with zero attached hydrogens (tertiary/aromatic N) is 3. The summed E-state index contributed by atoms with van der Waals surface area (Å²) in [6.45, 7) is 29.2. The van der Waals surface area contributed by atoms with Crippen molar-refractivity contribution in [2.24, 2.45) is 0 Å². The number of rotatable bonds is 7. The number of imidazole rings is 1. The van der Waals surface area contributed by atoms with E-state index < -0.39 is 59.2 Å². The molecule has 0 amide bonds. The van der Waals surface area contributed by atoms with E-state index in [1.165, 1.54) is 0 Å². The maximum Gasteiger partial charge on any atom is 0.148 e. The van der Waals surface area contributed by atoms with Crippen LogP contribution in [0.5, 0.6) is 5.75 Å². The van der Waals surface area contributed by atoms with E-state index in [-0.39, 0.29) is 60.5 Å². The molecule has 0 spiro atoms. The van der Waals surface area contributed by atoms with Gasteiger partial charge in [-0.1, -0.05) is 193 Å². The molecule has 6 aromatic carbocycles. The summed E-state index contributed by atoms with van der Waals surface area (Å²) in [5.74, 6) is -0.458. The van der Waals surface area contributed by atoms with Gasteiger partial charge in [-0.3, -0.25) is 9.55 Å². The minimum atomic E-state index is -1.05. The van der Waals surface area contributed by atoms with Gasteiger partial charge in [-0.2, -0.15) is 0 Å². The molecule has 0 radical (unpaired) electrons. The van der Waals surface area contributed by atoms with E-state index in [0.717, 1.165) is 44.6 Å². The second kappa shape index (κ2) is 17.9. The minimum absolute atomic E-state index is 0. The van der Waals surface area contributed by atoms with Crippen LogP contribution < -0.4 is 0 Å². The fourth-order valence-electron chi connectivity index (χ4n) is 8.48. The summed E-state index contributed by atoms with van der Waals surface area (Å²) in [5, 5.41) is 12.6.